The fourth-order valence-corrected chi connectivity index (χ4v) is 2.90. The third-order valence-electron chi connectivity index (χ3n) is 3.98. The molecule has 21 heavy (non-hydrogen) atoms. The lowest BCUT2D eigenvalue weighted by Gasteiger charge is -2.22. The van der Waals surface area contributed by atoms with Gasteiger partial charge in [0.05, 0.1) is 6.04 Å². The lowest BCUT2D eigenvalue weighted by Crippen LogP contribution is -2.23. The number of carbonyl (C=O) groups is 1. The Morgan fingerprint density at radius 1 is 1.43 bits per heavy atom. The van der Waals surface area contributed by atoms with E-state index in [2.05, 4.69) is 10.1 Å². The second-order valence-corrected chi connectivity index (χ2v) is 5.55. The Balaban J connectivity index is 1.72. The molecule has 1 saturated heterocycles. The molecule has 3 rings (SSSR count). The third-order valence-corrected chi connectivity index (χ3v) is 3.98. The Labute approximate surface area is 123 Å². The molecule has 5 nitrogen and oxygen atoms in total. The number of hydrogen-bond donors (Lipinski definition) is 1. The molecule has 1 aromatic heterocycles. The SMILES string of the molecule is Cc1cc(C2CCCN2Cc2ccc(C(N)=O)cc2)no1. The van der Waals surface area contributed by atoms with Crippen molar-refractivity contribution < 1.29 is 9.32 Å². The van der Waals surface area contributed by atoms with E-state index in [4.69, 9.17) is 10.3 Å². The summed E-state index contributed by atoms with van der Waals surface area (Å²) in [5.41, 5.74) is 7.99. The van der Waals surface area contributed by atoms with Gasteiger partial charge in [-0.3, -0.25) is 9.69 Å². The Morgan fingerprint density at radius 3 is 2.81 bits per heavy atom. The van der Waals surface area contributed by atoms with Crippen LogP contribution in [0.1, 0.15) is 46.3 Å². The van der Waals surface area contributed by atoms with Crippen molar-refractivity contribution in [2.24, 2.45) is 5.73 Å². The van der Waals surface area contributed by atoms with Crippen LogP contribution in [0, 0.1) is 6.92 Å². The molecule has 0 saturated carbocycles. The van der Waals surface area contributed by atoms with Crippen molar-refractivity contribution in [1.82, 2.24) is 10.1 Å². The van der Waals surface area contributed by atoms with Gasteiger partial charge in [0.1, 0.15) is 11.5 Å². The number of rotatable bonds is 4. The van der Waals surface area contributed by atoms with Gasteiger partial charge in [0, 0.05) is 18.2 Å². The van der Waals surface area contributed by atoms with Crippen LogP contribution in [0.5, 0.6) is 0 Å². The van der Waals surface area contributed by atoms with Crippen LogP contribution in [-0.2, 0) is 6.54 Å². The number of nitrogens with two attached hydrogens (primary N) is 1. The highest BCUT2D eigenvalue weighted by Crippen LogP contribution is 2.32. The quantitative estimate of drug-likeness (QED) is 0.936. The first-order valence-corrected chi connectivity index (χ1v) is 7.19. The zero-order chi connectivity index (χ0) is 14.8. The van der Waals surface area contributed by atoms with Gasteiger partial charge in [0.15, 0.2) is 0 Å². The van der Waals surface area contributed by atoms with Crippen LogP contribution in [-0.4, -0.2) is 22.5 Å². The predicted octanol–water partition coefficient (Wildman–Crippen LogP) is 2.42. The normalized spacial score (nSPS) is 19.0. The Hall–Kier alpha value is -2.14. The van der Waals surface area contributed by atoms with E-state index >= 15 is 0 Å². The summed E-state index contributed by atoms with van der Waals surface area (Å²) >= 11 is 0. The molecule has 0 spiro atoms. The zero-order valence-electron chi connectivity index (χ0n) is 12.1. The minimum Gasteiger partial charge on any atom is -0.366 e. The second kappa shape index (κ2) is 5.69. The highest BCUT2D eigenvalue weighted by Gasteiger charge is 2.28. The Morgan fingerprint density at radius 2 is 2.19 bits per heavy atom. The van der Waals surface area contributed by atoms with Crippen molar-refractivity contribution >= 4 is 5.91 Å². The summed E-state index contributed by atoms with van der Waals surface area (Å²) in [6.45, 7) is 3.81. The summed E-state index contributed by atoms with van der Waals surface area (Å²) in [5.74, 6) is 0.460. The number of likely N-dealkylation sites (tertiary alicyclic amines) is 1. The van der Waals surface area contributed by atoms with Crippen LogP contribution in [0.2, 0.25) is 0 Å². The van der Waals surface area contributed by atoms with Gasteiger partial charge in [-0.15, -0.1) is 0 Å². The van der Waals surface area contributed by atoms with Crippen LogP contribution in [0.25, 0.3) is 0 Å². The first-order valence-electron chi connectivity index (χ1n) is 7.19. The summed E-state index contributed by atoms with van der Waals surface area (Å²) in [7, 11) is 0. The molecule has 2 aromatic rings. The molecule has 1 atom stereocenters. The van der Waals surface area contributed by atoms with E-state index in [0.29, 0.717) is 11.6 Å². The minimum absolute atomic E-state index is 0.318. The van der Waals surface area contributed by atoms with Gasteiger partial charge >= 0.3 is 0 Å². The van der Waals surface area contributed by atoms with Crippen molar-refractivity contribution in [2.75, 3.05) is 6.54 Å². The second-order valence-electron chi connectivity index (χ2n) is 5.55. The molecule has 1 amide bonds. The Bertz CT molecular complexity index is 633. The molecule has 2 heterocycles. The number of aryl methyl sites for hydroxylation is 1. The van der Waals surface area contributed by atoms with E-state index in [1.165, 1.54) is 5.56 Å². The van der Waals surface area contributed by atoms with Crippen LogP contribution in [0.3, 0.4) is 0 Å². The third kappa shape index (κ3) is 2.97. The van der Waals surface area contributed by atoms with Crippen molar-refractivity contribution in [3.05, 3.63) is 52.9 Å². The van der Waals surface area contributed by atoms with Gasteiger partial charge in [-0.05, 0) is 44.0 Å². The predicted molar refractivity (Wildman–Crippen MR) is 78.6 cm³/mol. The summed E-state index contributed by atoms with van der Waals surface area (Å²) in [6, 6.07) is 9.82. The summed E-state index contributed by atoms with van der Waals surface area (Å²) in [5, 5.41) is 4.15. The van der Waals surface area contributed by atoms with E-state index in [9.17, 15) is 4.79 Å². The molecule has 1 unspecified atom stereocenters. The molecule has 1 aliphatic heterocycles. The molecule has 0 aliphatic carbocycles. The highest BCUT2D eigenvalue weighted by molar-refractivity contribution is 5.92. The molecule has 1 aromatic carbocycles. The summed E-state index contributed by atoms with van der Waals surface area (Å²) in [6.07, 6.45) is 2.27. The summed E-state index contributed by atoms with van der Waals surface area (Å²) in [4.78, 5) is 13.5. The number of aromatic nitrogens is 1. The molecule has 0 bridgehead atoms. The van der Waals surface area contributed by atoms with Crippen LogP contribution in [0.15, 0.2) is 34.9 Å². The number of amides is 1. The Kier molecular flexibility index (Phi) is 3.75. The van der Waals surface area contributed by atoms with Gasteiger partial charge in [-0.1, -0.05) is 17.3 Å². The number of hydrogen-bond acceptors (Lipinski definition) is 4. The number of primary amides is 1. The van der Waals surface area contributed by atoms with Gasteiger partial charge in [-0.25, -0.2) is 0 Å². The van der Waals surface area contributed by atoms with Crippen LogP contribution < -0.4 is 5.73 Å². The first-order chi connectivity index (χ1) is 10.1. The maximum absolute atomic E-state index is 11.1. The van der Waals surface area contributed by atoms with Gasteiger partial charge < -0.3 is 10.3 Å². The van der Waals surface area contributed by atoms with E-state index in [-0.39, 0.29) is 0 Å². The molecule has 2 N–H and O–H groups in total. The van der Waals surface area contributed by atoms with E-state index in [1.54, 1.807) is 12.1 Å². The van der Waals surface area contributed by atoms with Gasteiger partial charge in [0.25, 0.3) is 0 Å². The average Bonchev–Trinajstić information content (AvgIpc) is 3.08. The largest absolute Gasteiger partial charge is 0.366 e. The number of nitrogens with zero attached hydrogens (tertiary/aromatic N) is 2. The molecule has 1 fully saturated rings. The lowest BCUT2D eigenvalue weighted by atomic mass is 10.1. The van der Waals surface area contributed by atoms with E-state index < -0.39 is 5.91 Å². The maximum Gasteiger partial charge on any atom is 0.248 e. The fourth-order valence-electron chi connectivity index (χ4n) is 2.90. The first kappa shape index (κ1) is 13.8. The average molecular weight is 285 g/mol. The van der Waals surface area contributed by atoms with Crippen molar-refractivity contribution in [2.45, 2.75) is 32.4 Å². The van der Waals surface area contributed by atoms with Crippen LogP contribution >= 0.6 is 0 Å². The molecule has 110 valence electrons. The smallest absolute Gasteiger partial charge is 0.248 e. The standard InChI is InChI=1S/C16H19N3O2/c1-11-9-14(18-21-11)15-3-2-8-19(15)10-12-4-6-13(7-5-12)16(17)20/h4-7,9,15H,2-3,8,10H2,1H3,(H2,17,20). The van der Waals surface area contributed by atoms with Crippen LogP contribution in [0.4, 0.5) is 0 Å². The fraction of sp³-hybridized carbons (Fsp3) is 0.375. The minimum atomic E-state index is -0.390. The van der Waals surface area contributed by atoms with Crippen molar-refractivity contribution in [3.8, 4) is 0 Å². The van der Waals surface area contributed by atoms with Gasteiger partial charge in [0.2, 0.25) is 5.91 Å². The molecular formula is C16H19N3O2. The zero-order valence-corrected chi connectivity index (χ0v) is 12.1. The highest BCUT2D eigenvalue weighted by atomic mass is 16.5. The maximum atomic E-state index is 11.1. The monoisotopic (exact) mass is 285 g/mol. The molecular weight excluding hydrogens is 266 g/mol. The number of benzene rings is 1. The molecule has 0 radical (unpaired) electrons. The molecule has 1 aliphatic rings. The van der Waals surface area contributed by atoms with E-state index in [1.807, 2.05) is 25.1 Å². The van der Waals surface area contributed by atoms with Crippen molar-refractivity contribution in [1.29, 1.82) is 0 Å². The van der Waals surface area contributed by atoms with E-state index in [0.717, 1.165) is 37.4 Å². The van der Waals surface area contributed by atoms with Crippen molar-refractivity contribution in [3.63, 3.8) is 0 Å². The molecule has 5 heteroatoms. The topological polar surface area (TPSA) is 72.4 Å². The lowest BCUT2D eigenvalue weighted by molar-refractivity contribution is 0.100. The summed E-state index contributed by atoms with van der Waals surface area (Å²) < 4.78 is 5.19. The van der Waals surface area contributed by atoms with Gasteiger partial charge in [-0.2, -0.15) is 0 Å². The number of carbonyl (C=O) groups excluding carboxylic acids is 1.